The second-order valence-corrected chi connectivity index (χ2v) is 8.81. The lowest BCUT2D eigenvalue weighted by atomic mass is 9.93. The fraction of sp³-hybridized carbons (Fsp3) is 0.320. The van der Waals surface area contributed by atoms with Crippen molar-refractivity contribution in [3.8, 4) is 5.75 Å². The van der Waals surface area contributed by atoms with Crippen LogP contribution in [0, 0.1) is 13.8 Å². The van der Waals surface area contributed by atoms with Crippen LogP contribution in [-0.4, -0.2) is 34.0 Å². The largest absolute Gasteiger partial charge is 0.508 e. The Kier molecular flexibility index (Phi) is 6.79. The van der Waals surface area contributed by atoms with E-state index in [0.29, 0.717) is 5.69 Å². The second kappa shape index (κ2) is 9.36. The number of amides is 2. The van der Waals surface area contributed by atoms with Crippen LogP contribution in [0.15, 0.2) is 48.5 Å². The summed E-state index contributed by atoms with van der Waals surface area (Å²) < 4.78 is 0. The van der Waals surface area contributed by atoms with E-state index >= 15 is 0 Å². The van der Waals surface area contributed by atoms with E-state index < -0.39 is 11.6 Å². The van der Waals surface area contributed by atoms with E-state index in [9.17, 15) is 14.7 Å². The number of pyridine rings is 1. The molecule has 0 aliphatic heterocycles. The summed E-state index contributed by atoms with van der Waals surface area (Å²) >= 11 is 0. The molecule has 0 radical (unpaired) electrons. The number of aryl methyl sites for hydroxylation is 2. The van der Waals surface area contributed by atoms with E-state index in [0.717, 1.165) is 27.6 Å². The molecule has 1 aromatic heterocycles. The number of rotatable bonds is 7. The van der Waals surface area contributed by atoms with Gasteiger partial charge in [-0.15, -0.1) is 0 Å². The number of para-hydroxylation sites is 1. The molecule has 0 saturated heterocycles. The Labute approximate surface area is 188 Å². The molecule has 0 fully saturated rings. The molecule has 5 N–H and O–H groups in total. The Bertz CT molecular complexity index is 1130. The minimum absolute atomic E-state index is 0.0933. The summed E-state index contributed by atoms with van der Waals surface area (Å²) in [7, 11) is 0. The standard InChI is InChI=1S/C25H30N4O3/c1-15-11-18(30)12-16(2)23(15)19(26)13-22(31)29-25(3,4)14-27-24(32)21-10-9-17-7-5-6-8-20(17)28-21/h5-12,19,30H,13-14,26H2,1-4H3,(H,27,32)(H,29,31). The number of benzene rings is 2. The van der Waals surface area contributed by atoms with Gasteiger partial charge in [-0.05, 0) is 68.7 Å². The zero-order chi connectivity index (χ0) is 23.5. The molecule has 0 aliphatic rings. The number of carbonyl (C=O) groups excluding carboxylic acids is 2. The second-order valence-electron chi connectivity index (χ2n) is 8.81. The third-order valence-corrected chi connectivity index (χ3v) is 5.35. The van der Waals surface area contributed by atoms with Crippen molar-refractivity contribution in [3.05, 3.63) is 70.9 Å². The van der Waals surface area contributed by atoms with Crippen molar-refractivity contribution in [1.82, 2.24) is 15.6 Å². The van der Waals surface area contributed by atoms with Crippen molar-refractivity contribution in [1.29, 1.82) is 0 Å². The van der Waals surface area contributed by atoms with Gasteiger partial charge < -0.3 is 21.5 Å². The van der Waals surface area contributed by atoms with Crippen LogP contribution in [-0.2, 0) is 4.79 Å². The van der Waals surface area contributed by atoms with Gasteiger partial charge in [0.15, 0.2) is 0 Å². The van der Waals surface area contributed by atoms with Gasteiger partial charge in [-0.25, -0.2) is 4.98 Å². The summed E-state index contributed by atoms with van der Waals surface area (Å²) in [5.74, 6) is -0.337. The average molecular weight is 435 g/mol. The molecular formula is C25H30N4O3. The maximum atomic E-state index is 12.6. The van der Waals surface area contributed by atoms with Crippen LogP contribution < -0.4 is 16.4 Å². The predicted octanol–water partition coefficient (Wildman–Crippen LogP) is 3.27. The van der Waals surface area contributed by atoms with Crippen molar-refractivity contribution in [2.75, 3.05) is 6.54 Å². The molecule has 2 aromatic carbocycles. The highest BCUT2D eigenvalue weighted by Crippen LogP contribution is 2.27. The number of hydrogen-bond acceptors (Lipinski definition) is 5. The summed E-state index contributed by atoms with van der Waals surface area (Å²) in [4.78, 5) is 29.6. The first kappa shape index (κ1) is 23.2. The van der Waals surface area contributed by atoms with E-state index in [1.165, 1.54) is 0 Å². The number of aromatic hydroxyl groups is 1. The van der Waals surface area contributed by atoms with Crippen LogP contribution in [0.4, 0.5) is 0 Å². The lowest BCUT2D eigenvalue weighted by Crippen LogP contribution is -2.51. The minimum atomic E-state index is -0.678. The lowest BCUT2D eigenvalue weighted by Gasteiger charge is -2.27. The van der Waals surface area contributed by atoms with E-state index in [1.54, 1.807) is 18.2 Å². The molecule has 168 valence electrons. The number of phenols is 1. The highest BCUT2D eigenvalue weighted by Gasteiger charge is 2.24. The molecule has 3 aromatic rings. The quantitative estimate of drug-likeness (QED) is 0.455. The van der Waals surface area contributed by atoms with Gasteiger partial charge in [0, 0.05) is 24.4 Å². The Morgan fingerprint density at radius 1 is 1.09 bits per heavy atom. The Balaban J connectivity index is 1.58. The molecule has 1 unspecified atom stereocenters. The van der Waals surface area contributed by atoms with Crippen molar-refractivity contribution in [3.63, 3.8) is 0 Å². The molecule has 1 atom stereocenters. The first-order chi connectivity index (χ1) is 15.1. The highest BCUT2D eigenvalue weighted by atomic mass is 16.3. The number of nitrogens with zero attached hydrogens (tertiary/aromatic N) is 1. The van der Waals surface area contributed by atoms with Crippen LogP contribution >= 0.6 is 0 Å². The van der Waals surface area contributed by atoms with Gasteiger partial charge in [-0.3, -0.25) is 9.59 Å². The minimum Gasteiger partial charge on any atom is -0.508 e. The summed E-state index contributed by atoms with van der Waals surface area (Å²) in [6.45, 7) is 7.63. The number of carbonyl (C=O) groups is 2. The number of hydrogen-bond donors (Lipinski definition) is 4. The third kappa shape index (κ3) is 5.62. The van der Waals surface area contributed by atoms with E-state index in [2.05, 4.69) is 15.6 Å². The number of nitrogens with one attached hydrogen (secondary N) is 2. The monoisotopic (exact) mass is 434 g/mol. The molecule has 1 heterocycles. The fourth-order valence-electron chi connectivity index (χ4n) is 3.90. The summed E-state index contributed by atoms with van der Waals surface area (Å²) in [6, 6.07) is 13.9. The van der Waals surface area contributed by atoms with Crippen LogP contribution in [0.3, 0.4) is 0 Å². The van der Waals surface area contributed by atoms with Crippen LogP contribution in [0.1, 0.15) is 53.5 Å². The van der Waals surface area contributed by atoms with E-state index in [4.69, 9.17) is 5.73 Å². The SMILES string of the molecule is Cc1cc(O)cc(C)c1C(N)CC(=O)NC(C)(C)CNC(=O)c1ccc2ccccc2n1. The number of nitrogens with two attached hydrogens (primary N) is 1. The topological polar surface area (TPSA) is 117 Å². The van der Waals surface area contributed by atoms with E-state index in [1.807, 2.05) is 58.0 Å². The van der Waals surface area contributed by atoms with Gasteiger partial charge in [0.2, 0.25) is 5.91 Å². The van der Waals surface area contributed by atoms with Crippen LogP contribution in [0.25, 0.3) is 10.9 Å². The van der Waals surface area contributed by atoms with Crippen molar-refractivity contribution in [2.24, 2.45) is 5.73 Å². The zero-order valence-corrected chi connectivity index (χ0v) is 18.9. The molecule has 32 heavy (non-hydrogen) atoms. The molecule has 3 rings (SSSR count). The molecule has 0 bridgehead atoms. The molecule has 0 saturated carbocycles. The molecule has 0 aliphatic carbocycles. The Morgan fingerprint density at radius 2 is 1.75 bits per heavy atom. The number of fused-ring (bicyclic) bond motifs is 1. The van der Waals surface area contributed by atoms with Gasteiger partial charge in [0.05, 0.1) is 11.1 Å². The number of phenolic OH excluding ortho intramolecular Hbond substituents is 1. The molecule has 2 amide bonds. The summed E-state index contributed by atoms with van der Waals surface area (Å²) in [5.41, 5.74) is 9.23. The predicted molar refractivity (Wildman–Crippen MR) is 125 cm³/mol. The van der Waals surface area contributed by atoms with Gasteiger partial charge in [0.1, 0.15) is 11.4 Å². The zero-order valence-electron chi connectivity index (χ0n) is 18.9. The normalized spacial score (nSPS) is 12.4. The van der Waals surface area contributed by atoms with Crippen molar-refractivity contribution >= 4 is 22.7 Å². The van der Waals surface area contributed by atoms with Gasteiger partial charge in [-0.2, -0.15) is 0 Å². The van der Waals surface area contributed by atoms with Gasteiger partial charge in [-0.1, -0.05) is 24.3 Å². The molecular weight excluding hydrogens is 404 g/mol. The van der Waals surface area contributed by atoms with E-state index in [-0.39, 0.29) is 30.5 Å². The van der Waals surface area contributed by atoms with Gasteiger partial charge >= 0.3 is 0 Å². The molecule has 7 nitrogen and oxygen atoms in total. The van der Waals surface area contributed by atoms with Crippen LogP contribution in [0.2, 0.25) is 0 Å². The molecule has 0 spiro atoms. The first-order valence-electron chi connectivity index (χ1n) is 10.6. The average Bonchev–Trinajstić information content (AvgIpc) is 2.70. The number of aromatic nitrogens is 1. The van der Waals surface area contributed by atoms with Gasteiger partial charge in [0.25, 0.3) is 5.91 Å². The molecule has 7 heteroatoms. The highest BCUT2D eigenvalue weighted by molar-refractivity contribution is 5.95. The summed E-state index contributed by atoms with van der Waals surface area (Å²) in [6.07, 6.45) is 0.0933. The fourth-order valence-corrected chi connectivity index (χ4v) is 3.90. The van der Waals surface area contributed by atoms with Crippen LogP contribution in [0.5, 0.6) is 5.75 Å². The maximum Gasteiger partial charge on any atom is 0.269 e. The van der Waals surface area contributed by atoms with Crippen molar-refractivity contribution < 1.29 is 14.7 Å². The maximum absolute atomic E-state index is 12.6. The Morgan fingerprint density at radius 3 is 2.44 bits per heavy atom. The Hall–Kier alpha value is -3.45. The smallest absolute Gasteiger partial charge is 0.269 e. The third-order valence-electron chi connectivity index (χ3n) is 5.35. The summed E-state index contributed by atoms with van der Waals surface area (Å²) in [5, 5.41) is 16.5. The first-order valence-corrected chi connectivity index (χ1v) is 10.6. The lowest BCUT2D eigenvalue weighted by molar-refractivity contribution is -0.123. The van der Waals surface area contributed by atoms with Crippen molar-refractivity contribution in [2.45, 2.75) is 45.7 Å².